The molecule has 8 nitrogen and oxygen atoms in total. The van der Waals surface area contributed by atoms with Gasteiger partial charge in [0.15, 0.2) is 5.65 Å². The lowest BCUT2D eigenvalue weighted by Gasteiger charge is -2.19. The molecule has 6 rings (SSSR count). The smallest absolute Gasteiger partial charge is 0.262 e. The fourth-order valence-electron chi connectivity index (χ4n) is 5.96. The second-order valence-corrected chi connectivity index (χ2v) is 9.79. The van der Waals surface area contributed by atoms with Crippen LogP contribution in [0.2, 0.25) is 0 Å². The van der Waals surface area contributed by atoms with Gasteiger partial charge in [-0.25, -0.2) is 9.67 Å². The van der Waals surface area contributed by atoms with Gasteiger partial charge in [-0.3, -0.25) is 14.4 Å². The molecule has 2 aliphatic heterocycles. The lowest BCUT2D eigenvalue weighted by Crippen LogP contribution is -2.22. The molecule has 164 valence electrons. The first-order valence-corrected chi connectivity index (χ1v) is 11.9. The number of aromatic amines is 1. The molecule has 3 aromatic rings. The third-order valence-corrected chi connectivity index (χ3v) is 7.65. The van der Waals surface area contributed by atoms with E-state index in [1.807, 2.05) is 4.68 Å². The third kappa shape index (κ3) is 3.32. The Kier molecular flexibility index (Phi) is 4.70. The van der Waals surface area contributed by atoms with E-state index in [1.165, 1.54) is 36.9 Å². The lowest BCUT2D eigenvalue weighted by atomic mass is 9.97. The molecule has 0 bridgehead atoms. The molecule has 2 atom stereocenters. The largest absolute Gasteiger partial charge is 0.310 e. The van der Waals surface area contributed by atoms with Crippen molar-refractivity contribution >= 4 is 11.0 Å². The maximum Gasteiger partial charge on any atom is 0.262 e. The molecule has 5 heterocycles. The molecule has 8 heteroatoms. The highest BCUT2D eigenvalue weighted by Gasteiger charge is 2.34. The summed E-state index contributed by atoms with van der Waals surface area (Å²) in [5.41, 5.74) is 3.49. The Hall–Kier alpha value is -2.48. The van der Waals surface area contributed by atoms with Crippen molar-refractivity contribution in [2.45, 2.75) is 76.9 Å². The summed E-state index contributed by atoms with van der Waals surface area (Å²) in [6.07, 6.45) is 12.1. The third-order valence-electron chi connectivity index (χ3n) is 7.65. The molecule has 3 aliphatic rings. The van der Waals surface area contributed by atoms with E-state index >= 15 is 0 Å². The van der Waals surface area contributed by atoms with E-state index in [1.54, 1.807) is 6.20 Å². The first-order valence-electron chi connectivity index (χ1n) is 11.9. The highest BCUT2D eigenvalue weighted by Crippen LogP contribution is 2.34. The summed E-state index contributed by atoms with van der Waals surface area (Å²) in [6.45, 7) is 6.18. The molecule has 0 unspecified atom stereocenters. The van der Waals surface area contributed by atoms with Crippen LogP contribution in [0.15, 0.2) is 17.2 Å². The predicted molar refractivity (Wildman–Crippen MR) is 118 cm³/mol. The molecule has 1 saturated carbocycles. The van der Waals surface area contributed by atoms with Gasteiger partial charge in [-0.05, 0) is 38.0 Å². The number of fused-ring (bicyclic) bond motifs is 2. The lowest BCUT2D eigenvalue weighted by molar-refractivity contribution is 0.316. The summed E-state index contributed by atoms with van der Waals surface area (Å²) in [4.78, 5) is 23.4. The van der Waals surface area contributed by atoms with Gasteiger partial charge in [0.1, 0.15) is 11.2 Å². The molecule has 0 aromatic carbocycles. The molecule has 0 spiro atoms. The standard InChI is InChI=1S/C23H31N7O/c1-15-12-28(13-16-10-24-29-9-5-4-8-20(16)29)14-19(15)21-26-22-18(23(31)27-21)11-25-30(22)17-6-2-3-7-17/h10-11,15,17,19H,2-9,12-14H2,1H3,(H,26,27,31)/t15-,19-/m1/s1. The van der Waals surface area contributed by atoms with Gasteiger partial charge in [0.05, 0.1) is 18.4 Å². The Morgan fingerprint density at radius 1 is 1.10 bits per heavy atom. The van der Waals surface area contributed by atoms with Gasteiger partial charge >= 0.3 is 0 Å². The van der Waals surface area contributed by atoms with Gasteiger partial charge in [0, 0.05) is 43.4 Å². The molecular formula is C23H31N7O. The number of likely N-dealkylation sites (tertiary alicyclic amines) is 1. The van der Waals surface area contributed by atoms with Crippen LogP contribution in [-0.2, 0) is 19.5 Å². The quantitative estimate of drug-likeness (QED) is 0.700. The second kappa shape index (κ2) is 7.58. The molecule has 1 N–H and O–H groups in total. The van der Waals surface area contributed by atoms with Crippen LogP contribution < -0.4 is 5.56 Å². The molecule has 1 saturated heterocycles. The summed E-state index contributed by atoms with van der Waals surface area (Å²) in [7, 11) is 0. The first kappa shape index (κ1) is 19.2. The van der Waals surface area contributed by atoms with Crippen molar-refractivity contribution in [1.82, 2.24) is 34.4 Å². The molecule has 31 heavy (non-hydrogen) atoms. The minimum Gasteiger partial charge on any atom is -0.310 e. The zero-order valence-electron chi connectivity index (χ0n) is 18.3. The number of hydrogen-bond donors (Lipinski definition) is 1. The fraction of sp³-hybridized carbons (Fsp3) is 0.652. The average Bonchev–Trinajstić information content (AvgIpc) is 3.54. The predicted octanol–water partition coefficient (Wildman–Crippen LogP) is 3.00. The monoisotopic (exact) mass is 421 g/mol. The maximum atomic E-state index is 12.8. The minimum absolute atomic E-state index is 0.0550. The fourth-order valence-corrected chi connectivity index (χ4v) is 5.96. The zero-order chi connectivity index (χ0) is 20.9. The molecule has 1 aliphatic carbocycles. The molecule has 0 radical (unpaired) electrons. The first-order chi connectivity index (χ1) is 15.2. The molecular weight excluding hydrogens is 390 g/mol. The van der Waals surface area contributed by atoms with Crippen molar-refractivity contribution in [2.75, 3.05) is 13.1 Å². The van der Waals surface area contributed by atoms with Gasteiger partial charge in [-0.1, -0.05) is 19.8 Å². The number of aromatic nitrogens is 6. The Labute approximate surface area is 181 Å². The number of nitrogens with one attached hydrogen (secondary N) is 1. The van der Waals surface area contributed by atoms with Crippen molar-refractivity contribution in [3.05, 3.63) is 39.8 Å². The van der Waals surface area contributed by atoms with Gasteiger partial charge < -0.3 is 4.98 Å². The van der Waals surface area contributed by atoms with Crippen LogP contribution >= 0.6 is 0 Å². The van der Waals surface area contributed by atoms with E-state index < -0.39 is 0 Å². The number of aryl methyl sites for hydroxylation is 1. The average molecular weight is 422 g/mol. The highest BCUT2D eigenvalue weighted by atomic mass is 16.1. The van der Waals surface area contributed by atoms with E-state index in [4.69, 9.17) is 4.98 Å². The van der Waals surface area contributed by atoms with Crippen LogP contribution in [0, 0.1) is 5.92 Å². The van der Waals surface area contributed by atoms with Crippen molar-refractivity contribution in [3.63, 3.8) is 0 Å². The van der Waals surface area contributed by atoms with Crippen LogP contribution in [0.4, 0.5) is 0 Å². The summed E-state index contributed by atoms with van der Waals surface area (Å²) in [5.74, 6) is 1.49. The van der Waals surface area contributed by atoms with Crippen molar-refractivity contribution in [1.29, 1.82) is 0 Å². The minimum atomic E-state index is -0.0550. The number of H-pyrrole nitrogens is 1. The SMILES string of the molecule is C[C@@H]1CN(Cc2cnn3c2CCCC3)C[C@H]1c1nc2c(cnn2C2CCCC2)c(=O)[nH]1. The molecule has 2 fully saturated rings. The Bertz CT molecular complexity index is 1150. The molecule has 0 amide bonds. The Balaban J connectivity index is 1.26. The normalized spacial score (nSPS) is 24.9. The van der Waals surface area contributed by atoms with E-state index in [0.717, 1.165) is 56.9 Å². The van der Waals surface area contributed by atoms with Crippen molar-refractivity contribution in [2.24, 2.45) is 5.92 Å². The van der Waals surface area contributed by atoms with Crippen LogP contribution in [0.5, 0.6) is 0 Å². The van der Waals surface area contributed by atoms with Gasteiger partial charge in [-0.2, -0.15) is 10.2 Å². The van der Waals surface area contributed by atoms with Crippen LogP contribution in [0.1, 0.15) is 74.5 Å². The van der Waals surface area contributed by atoms with Gasteiger partial charge in [0.25, 0.3) is 5.56 Å². The maximum absolute atomic E-state index is 12.8. The van der Waals surface area contributed by atoms with Gasteiger partial charge in [0.2, 0.25) is 0 Å². The van der Waals surface area contributed by atoms with E-state index in [-0.39, 0.29) is 11.5 Å². The summed E-state index contributed by atoms with van der Waals surface area (Å²) in [5, 5.41) is 9.76. The summed E-state index contributed by atoms with van der Waals surface area (Å²) >= 11 is 0. The van der Waals surface area contributed by atoms with E-state index in [9.17, 15) is 4.79 Å². The van der Waals surface area contributed by atoms with Crippen molar-refractivity contribution in [3.8, 4) is 0 Å². The van der Waals surface area contributed by atoms with Crippen LogP contribution in [0.25, 0.3) is 11.0 Å². The number of rotatable bonds is 4. The summed E-state index contributed by atoms with van der Waals surface area (Å²) < 4.78 is 4.20. The molecule has 3 aromatic heterocycles. The topological polar surface area (TPSA) is 84.6 Å². The van der Waals surface area contributed by atoms with E-state index in [2.05, 4.69) is 37.9 Å². The zero-order valence-corrected chi connectivity index (χ0v) is 18.3. The summed E-state index contributed by atoms with van der Waals surface area (Å²) in [6, 6.07) is 0.380. The van der Waals surface area contributed by atoms with E-state index in [0.29, 0.717) is 17.3 Å². The van der Waals surface area contributed by atoms with Gasteiger partial charge in [-0.15, -0.1) is 0 Å². The Morgan fingerprint density at radius 2 is 1.97 bits per heavy atom. The van der Waals surface area contributed by atoms with Crippen LogP contribution in [-0.4, -0.2) is 47.5 Å². The second-order valence-electron chi connectivity index (χ2n) is 9.79. The van der Waals surface area contributed by atoms with Crippen LogP contribution in [0.3, 0.4) is 0 Å². The number of hydrogen-bond acceptors (Lipinski definition) is 5. The number of nitrogens with zero attached hydrogens (tertiary/aromatic N) is 6. The Morgan fingerprint density at radius 3 is 2.84 bits per heavy atom. The highest BCUT2D eigenvalue weighted by molar-refractivity contribution is 5.73. The van der Waals surface area contributed by atoms with Crippen molar-refractivity contribution < 1.29 is 0 Å².